The smallest absolute Gasteiger partial charge is 0.248 e. The average molecular weight is 440 g/mol. The fourth-order valence-electron chi connectivity index (χ4n) is 4.22. The van der Waals surface area contributed by atoms with E-state index in [0.29, 0.717) is 6.42 Å². The number of nitrogens with zero attached hydrogens (tertiary/aromatic N) is 3. The summed E-state index contributed by atoms with van der Waals surface area (Å²) in [5.74, 6) is 0.0269. The van der Waals surface area contributed by atoms with Crippen molar-refractivity contribution in [2.24, 2.45) is 0 Å². The summed E-state index contributed by atoms with van der Waals surface area (Å²) in [5, 5.41) is 8.05. The molecule has 0 unspecified atom stereocenters. The van der Waals surface area contributed by atoms with Gasteiger partial charge in [0.15, 0.2) is 0 Å². The highest BCUT2D eigenvalue weighted by Gasteiger charge is 2.10. The van der Waals surface area contributed by atoms with Crippen molar-refractivity contribution >= 4 is 16.9 Å². The van der Waals surface area contributed by atoms with Crippen molar-refractivity contribution in [3.63, 3.8) is 0 Å². The minimum Gasteiger partial charge on any atom is -0.273 e. The van der Waals surface area contributed by atoms with E-state index in [0.717, 1.165) is 23.9 Å². The zero-order valence-electron chi connectivity index (χ0n) is 20.4. The molecular weight excluding hydrogens is 394 g/mol. The Hall–Kier alpha value is -1.97. The van der Waals surface area contributed by atoms with Gasteiger partial charge in [-0.05, 0) is 37.8 Å². The monoisotopic (exact) mass is 439 g/mol. The second kappa shape index (κ2) is 17.6. The highest BCUT2D eigenvalue weighted by Crippen LogP contribution is 2.14. The molecule has 0 fully saturated rings. The van der Waals surface area contributed by atoms with E-state index in [1.165, 1.54) is 101 Å². The van der Waals surface area contributed by atoms with Crippen molar-refractivity contribution < 1.29 is 4.79 Å². The van der Waals surface area contributed by atoms with Gasteiger partial charge in [-0.15, -0.1) is 5.10 Å². The van der Waals surface area contributed by atoms with E-state index in [1.807, 2.05) is 24.3 Å². The lowest BCUT2D eigenvalue weighted by atomic mass is 10.0. The van der Waals surface area contributed by atoms with Gasteiger partial charge in [0.25, 0.3) is 0 Å². The van der Waals surface area contributed by atoms with Crippen LogP contribution in [0, 0.1) is 0 Å². The summed E-state index contributed by atoms with van der Waals surface area (Å²) in [6.45, 7) is 2.28. The van der Waals surface area contributed by atoms with Crippen LogP contribution in [0.2, 0.25) is 0 Å². The van der Waals surface area contributed by atoms with Crippen molar-refractivity contribution in [2.45, 2.75) is 122 Å². The molecule has 0 aliphatic rings. The molecule has 1 aromatic carbocycles. The first kappa shape index (κ1) is 26.3. The topological polar surface area (TPSA) is 47.8 Å². The predicted molar refractivity (Wildman–Crippen MR) is 136 cm³/mol. The number of carbonyl (C=O) groups is 1. The van der Waals surface area contributed by atoms with E-state index in [-0.39, 0.29) is 5.91 Å². The zero-order chi connectivity index (χ0) is 22.7. The highest BCUT2D eigenvalue weighted by molar-refractivity contribution is 5.88. The van der Waals surface area contributed by atoms with E-state index in [1.54, 1.807) is 0 Å². The van der Waals surface area contributed by atoms with Gasteiger partial charge in [0, 0.05) is 6.42 Å². The van der Waals surface area contributed by atoms with E-state index < -0.39 is 0 Å². The summed E-state index contributed by atoms with van der Waals surface area (Å²) in [5.41, 5.74) is 1.57. The molecular formula is C28H45N3O. The van der Waals surface area contributed by atoms with Crippen molar-refractivity contribution in [1.82, 2.24) is 15.0 Å². The van der Waals surface area contributed by atoms with E-state index in [4.69, 9.17) is 0 Å². The number of para-hydroxylation sites is 1. The van der Waals surface area contributed by atoms with Gasteiger partial charge in [-0.2, -0.15) is 4.68 Å². The molecule has 1 aromatic heterocycles. The number of hydrogen-bond donors (Lipinski definition) is 0. The second-order valence-electron chi connectivity index (χ2n) is 9.13. The summed E-state index contributed by atoms with van der Waals surface area (Å²) in [6, 6.07) is 7.60. The third-order valence-corrected chi connectivity index (χ3v) is 6.24. The molecule has 0 atom stereocenters. The quantitative estimate of drug-likeness (QED) is 0.162. The lowest BCUT2D eigenvalue weighted by Gasteiger charge is -2.03. The van der Waals surface area contributed by atoms with Gasteiger partial charge in [-0.1, -0.05) is 120 Å². The summed E-state index contributed by atoms with van der Waals surface area (Å²) in [7, 11) is 0. The molecule has 0 saturated carbocycles. The summed E-state index contributed by atoms with van der Waals surface area (Å²) >= 11 is 0. The Balaban J connectivity index is 1.35. The lowest BCUT2D eigenvalue weighted by molar-refractivity contribution is 0.0887. The molecule has 2 rings (SSSR count). The highest BCUT2D eigenvalue weighted by atomic mass is 16.2. The first-order valence-electron chi connectivity index (χ1n) is 13.3. The third-order valence-electron chi connectivity index (χ3n) is 6.24. The third kappa shape index (κ3) is 11.1. The molecule has 4 heteroatoms. The van der Waals surface area contributed by atoms with Gasteiger partial charge in [-0.25, -0.2) is 0 Å². The van der Waals surface area contributed by atoms with Gasteiger partial charge in [0.05, 0.1) is 5.52 Å². The number of rotatable bonds is 19. The summed E-state index contributed by atoms with van der Waals surface area (Å²) < 4.78 is 1.44. The second-order valence-corrected chi connectivity index (χ2v) is 9.13. The zero-order valence-corrected chi connectivity index (χ0v) is 20.4. The molecule has 4 nitrogen and oxygen atoms in total. The molecule has 0 N–H and O–H groups in total. The number of carbonyl (C=O) groups excluding carboxylic acids is 1. The maximum Gasteiger partial charge on any atom is 0.248 e. The first-order valence-corrected chi connectivity index (χ1v) is 13.3. The fourth-order valence-corrected chi connectivity index (χ4v) is 4.22. The van der Waals surface area contributed by atoms with Gasteiger partial charge in [0.1, 0.15) is 5.52 Å². The van der Waals surface area contributed by atoms with Crippen LogP contribution in [0.15, 0.2) is 36.4 Å². The standard InChI is InChI=1S/C28H45N3O/c1-2-3-4-5-6-7-8-9-10-11-12-13-14-15-16-17-18-19-20-25-28(32)31-27-24-22-21-23-26(27)29-30-31/h17-18,21-24H,2-16,19-20,25H2,1H3/b18-17+. The maximum atomic E-state index is 12.3. The van der Waals surface area contributed by atoms with Crippen molar-refractivity contribution in [1.29, 1.82) is 0 Å². The Kier molecular flexibility index (Phi) is 14.4. The van der Waals surface area contributed by atoms with Crippen LogP contribution in [0.1, 0.15) is 127 Å². The van der Waals surface area contributed by atoms with E-state index in [9.17, 15) is 4.79 Å². The van der Waals surface area contributed by atoms with E-state index >= 15 is 0 Å². The number of allylic oxidation sites excluding steroid dienone is 2. The molecule has 0 spiro atoms. The Morgan fingerprint density at radius 2 is 1.28 bits per heavy atom. The Morgan fingerprint density at radius 3 is 1.91 bits per heavy atom. The number of aromatic nitrogens is 3. The van der Waals surface area contributed by atoms with Crippen LogP contribution in [-0.2, 0) is 0 Å². The van der Waals surface area contributed by atoms with Crippen LogP contribution in [0.5, 0.6) is 0 Å². The molecule has 0 radical (unpaired) electrons. The molecule has 0 amide bonds. The van der Waals surface area contributed by atoms with Crippen LogP contribution in [-0.4, -0.2) is 20.9 Å². The summed E-state index contributed by atoms with van der Waals surface area (Å²) in [4.78, 5) is 12.3. The lowest BCUT2D eigenvalue weighted by Crippen LogP contribution is -2.11. The molecule has 0 bridgehead atoms. The average Bonchev–Trinajstić information content (AvgIpc) is 3.25. The fraction of sp³-hybridized carbons (Fsp3) is 0.679. The van der Waals surface area contributed by atoms with Crippen molar-refractivity contribution in [2.75, 3.05) is 0 Å². The Bertz CT molecular complexity index is 765. The first-order chi connectivity index (χ1) is 15.8. The number of benzene rings is 1. The van der Waals surface area contributed by atoms with Gasteiger partial charge in [-0.3, -0.25) is 4.79 Å². The Labute approximate surface area is 195 Å². The minimum atomic E-state index is 0.0269. The van der Waals surface area contributed by atoms with Crippen molar-refractivity contribution in [3.8, 4) is 0 Å². The predicted octanol–water partition coefficient (Wildman–Crippen LogP) is 8.67. The van der Waals surface area contributed by atoms with Crippen LogP contribution in [0.3, 0.4) is 0 Å². The maximum absolute atomic E-state index is 12.3. The van der Waals surface area contributed by atoms with E-state index in [2.05, 4.69) is 29.4 Å². The molecule has 178 valence electrons. The molecule has 32 heavy (non-hydrogen) atoms. The van der Waals surface area contributed by atoms with Crippen LogP contribution >= 0.6 is 0 Å². The van der Waals surface area contributed by atoms with Crippen LogP contribution in [0.25, 0.3) is 11.0 Å². The number of unbranched alkanes of at least 4 members (excludes halogenated alkanes) is 15. The Morgan fingerprint density at radius 1 is 0.750 bits per heavy atom. The molecule has 0 saturated heterocycles. The number of hydrogen-bond acceptors (Lipinski definition) is 3. The molecule has 0 aliphatic heterocycles. The van der Waals surface area contributed by atoms with Crippen LogP contribution < -0.4 is 0 Å². The number of fused-ring (bicyclic) bond motifs is 1. The largest absolute Gasteiger partial charge is 0.273 e. The normalized spacial score (nSPS) is 11.7. The van der Waals surface area contributed by atoms with Gasteiger partial charge in [0.2, 0.25) is 5.91 Å². The molecule has 2 aromatic rings. The van der Waals surface area contributed by atoms with Crippen LogP contribution in [0.4, 0.5) is 0 Å². The molecule has 0 aliphatic carbocycles. The van der Waals surface area contributed by atoms with Gasteiger partial charge >= 0.3 is 0 Å². The van der Waals surface area contributed by atoms with Gasteiger partial charge < -0.3 is 0 Å². The minimum absolute atomic E-state index is 0.0269. The SMILES string of the molecule is CCCCCCCCCCCCCCCC/C=C/CCCC(=O)n1nnc2ccccc21. The van der Waals surface area contributed by atoms with Crippen molar-refractivity contribution in [3.05, 3.63) is 36.4 Å². The molecule has 1 heterocycles. The summed E-state index contributed by atoms with van der Waals surface area (Å²) in [6.07, 6.45) is 27.7.